The largest absolute Gasteiger partial charge is 0.326 e. The number of ketones is 1. The maximum atomic E-state index is 12.4. The number of amides is 1. The highest BCUT2D eigenvalue weighted by Gasteiger charge is 2.16. The minimum absolute atomic E-state index is 0. The Kier molecular flexibility index (Phi) is 8.97. The van der Waals surface area contributed by atoms with E-state index in [0.717, 1.165) is 59.8 Å². The van der Waals surface area contributed by atoms with Crippen molar-refractivity contribution in [3.05, 3.63) is 64.2 Å². The molecule has 0 aliphatic carbocycles. The van der Waals surface area contributed by atoms with Crippen LogP contribution in [0.25, 0.3) is 0 Å². The number of fused-ring (bicyclic) bond motifs is 1. The summed E-state index contributed by atoms with van der Waals surface area (Å²) < 4.78 is 0. The third-order valence-electron chi connectivity index (χ3n) is 4.86. The lowest BCUT2D eigenvalue weighted by Gasteiger charge is -2.17. The zero-order chi connectivity index (χ0) is 19.1. The second kappa shape index (κ2) is 11.2. The molecule has 28 heavy (non-hydrogen) atoms. The van der Waals surface area contributed by atoms with E-state index in [1.165, 1.54) is 0 Å². The van der Waals surface area contributed by atoms with Gasteiger partial charge in [0.2, 0.25) is 5.91 Å². The molecule has 0 spiro atoms. The van der Waals surface area contributed by atoms with E-state index in [0.29, 0.717) is 19.3 Å². The van der Waals surface area contributed by atoms with Crippen molar-refractivity contribution < 1.29 is 9.59 Å². The summed E-state index contributed by atoms with van der Waals surface area (Å²) in [6.45, 7) is 1.78. The van der Waals surface area contributed by atoms with E-state index in [9.17, 15) is 9.59 Å². The van der Waals surface area contributed by atoms with Crippen LogP contribution in [0.15, 0.2) is 42.5 Å². The topological polar surface area (TPSA) is 58.2 Å². The molecule has 0 aromatic heterocycles. The maximum absolute atomic E-state index is 12.4. The SMILES string of the molecule is Cl.O=C1CCc2cc(C(=O)CCCCNCCc3ccccc3Cl)ccc2N1. The summed E-state index contributed by atoms with van der Waals surface area (Å²) in [6.07, 6.45) is 4.49. The van der Waals surface area contributed by atoms with Gasteiger partial charge in [-0.05, 0) is 74.2 Å². The first-order valence-electron chi connectivity index (χ1n) is 9.53. The Morgan fingerprint density at radius 3 is 2.71 bits per heavy atom. The van der Waals surface area contributed by atoms with Crippen LogP contribution in [-0.2, 0) is 17.6 Å². The minimum atomic E-state index is 0. The van der Waals surface area contributed by atoms with E-state index in [2.05, 4.69) is 10.6 Å². The molecule has 0 saturated heterocycles. The maximum Gasteiger partial charge on any atom is 0.224 e. The Bertz CT molecular complexity index is 824. The number of hydrogen-bond acceptors (Lipinski definition) is 3. The number of aryl methyl sites for hydroxylation is 1. The third-order valence-corrected chi connectivity index (χ3v) is 5.23. The number of Topliss-reactive ketones (excluding diaryl/α,β-unsaturated/α-hetero) is 1. The molecule has 0 radical (unpaired) electrons. The summed E-state index contributed by atoms with van der Waals surface area (Å²) in [5.74, 6) is 0.217. The van der Waals surface area contributed by atoms with Crippen molar-refractivity contribution in [1.29, 1.82) is 0 Å². The molecule has 6 heteroatoms. The van der Waals surface area contributed by atoms with Gasteiger partial charge < -0.3 is 10.6 Å². The van der Waals surface area contributed by atoms with E-state index in [-0.39, 0.29) is 24.1 Å². The molecule has 150 valence electrons. The molecular formula is C22H26Cl2N2O2. The normalized spacial score (nSPS) is 12.7. The molecule has 2 aromatic carbocycles. The number of carbonyl (C=O) groups excluding carboxylic acids is 2. The van der Waals surface area contributed by atoms with Crippen LogP contribution in [0, 0.1) is 0 Å². The first-order chi connectivity index (χ1) is 13.1. The Morgan fingerprint density at radius 1 is 1.07 bits per heavy atom. The summed E-state index contributed by atoms with van der Waals surface area (Å²) in [5.41, 5.74) is 3.80. The van der Waals surface area contributed by atoms with Crippen molar-refractivity contribution in [3.8, 4) is 0 Å². The summed E-state index contributed by atoms with van der Waals surface area (Å²) in [6, 6.07) is 13.5. The first-order valence-corrected chi connectivity index (χ1v) is 9.91. The van der Waals surface area contributed by atoms with E-state index >= 15 is 0 Å². The summed E-state index contributed by atoms with van der Waals surface area (Å²) in [5, 5.41) is 7.07. The number of benzene rings is 2. The van der Waals surface area contributed by atoms with Crippen molar-refractivity contribution in [2.75, 3.05) is 18.4 Å². The first kappa shape index (κ1) is 22.4. The number of carbonyl (C=O) groups is 2. The number of rotatable bonds is 9. The Labute approximate surface area is 177 Å². The smallest absolute Gasteiger partial charge is 0.224 e. The van der Waals surface area contributed by atoms with Crippen LogP contribution in [0.5, 0.6) is 0 Å². The molecule has 2 N–H and O–H groups in total. The zero-order valence-electron chi connectivity index (χ0n) is 15.8. The van der Waals surface area contributed by atoms with Gasteiger partial charge >= 0.3 is 0 Å². The average Bonchev–Trinajstić information content (AvgIpc) is 2.68. The van der Waals surface area contributed by atoms with Crippen LogP contribution in [0.4, 0.5) is 5.69 Å². The van der Waals surface area contributed by atoms with E-state index in [1.54, 1.807) is 0 Å². The molecule has 1 amide bonds. The van der Waals surface area contributed by atoms with Crippen LogP contribution >= 0.6 is 24.0 Å². The van der Waals surface area contributed by atoms with Gasteiger partial charge in [-0.3, -0.25) is 9.59 Å². The predicted molar refractivity (Wildman–Crippen MR) is 117 cm³/mol. The quantitative estimate of drug-likeness (QED) is 0.450. The van der Waals surface area contributed by atoms with Gasteiger partial charge in [-0.15, -0.1) is 12.4 Å². The lowest BCUT2D eigenvalue weighted by Crippen LogP contribution is -2.19. The summed E-state index contributed by atoms with van der Waals surface area (Å²) >= 11 is 6.15. The lowest BCUT2D eigenvalue weighted by atomic mass is 9.97. The fourth-order valence-corrected chi connectivity index (χ4v) is 3.52. The monoisotopic (exact) mass is 420 g/mol. The number of unbranched alkanes of at least 4 members (excludes halogenated alkanes) is 1. The van der Waals surface area contributed by atoms with Gasteiger partial charge in [-0.1, -0.05) is 29.8 Å². The molecule has 1 aliphatic heterocycles. The van der Waals surface area contributed by atoms with E-state index in [1.807, 2.05) is 42.5 Å². The van der Waals surface area contributed by atoms with Crippen LogP contribution < -0.4 is 10.6 Å². The van der Waals surface area contributed by atoms with Gasteiger partial charge in [0.1, 0.15) is 0 Å². The molecule has 0 atom stereocenters. The molecule has 0 bridgehead atoms. The molecule has 1 heterocycles. The number of halogens is 2. The van der Waals surface area contributed by atoms with Crippen molar-refractivity contribution in [1.82, 2.24) is 5.32 Å². The van der Waals surface area contributed by atoms with E-state index in [4.69, 9.17) is 11.6 Å². The number of anilines is 1. The Morgan fingerprint density at radius 2 is 1.89 bits per heavy atom. The Hall–Kier alpha value is -1.88. The standard InChI is InChI=1S/C22H25ClN2O2.ClH/c23-19-6-2-1-5-16(19)12-14-24-13-4-3-7-21(26)18-8-10-20-17(15-18)9-11-22(27)25-20;/h1-2,5-6,8,10,15,24H,3-4,7,9,11-14H2,(H,25,27);1H. The van der Waals surface area contributed by atoms with Crippen LogP contribution in [0.3, 0.4) is 0 Å². The highest BCUT2D eigenvalue weighted by molar-refractivity contribution is 6.31. The van der Waals surface area contributed by atoms with Gasteiger partial charge in [0, 0.05) is 29.1 Å². The van der Waals surface area contributed by atoms with Crippen molar-refractivity contribution in [2.45, 2.75) is 38.5 Å². The highest BCUT2D eigenvalue weighted by Crippen LogP contribution is 2.24. The molecule has 0 fully saturated rings. The number of nitrogens with one attached hydrogen (secondary N) is 2. The van der Waals surface area contributed by atoms with Crippen molar-refractivity contribution >= 4 is 41.4 Å². The summed E-state index contributed by atoms with van der Waals surface area (Å²) in [7, 11) is 0. The van der Waals surface area contributed by atoms with Gasteiger partial charge in [0.25, 0.3) is 0 Å². The van der Waals surface area contributed by atoms with Gasteiger partial charge in [-0.25, -0.2) is 0 Å². The fraction of sp³-hybridized carbons (Fsp3) is 0.364. The summed E-state index contributed by atoms with van der Waals surface area (Å²) in [4.78, 5) is 23.8. The molecule has 0 unspecified atom stereocenters. The number of hydrogen-bond donors (Lipinski definition) is 2. The molecule has 4 nitrogen and oxygen atoms in total. The minimum Gasteiger partial charge on any atom is -0.326 e. The third kappa shape index (κ3) is 6.33. The lowest BCUT2D eigenvalue weighted by molar-refractivity contribution is -0.116. The second-order valence-corrected chi connectivity index (χ2v) is 7.30. The van der Waals surface area contributed by atoms with E-state index < -0.39 is 0 Å². The van der Waals surface area contributed by atoms with Crippen molar-refractivity contribution in [3.63, 3.8) is 0 Å². The molecule has 0 saturated carbocycles. The zero-order valence-corrected chi connectivity index (χ0v) is 17.4. The highest BCUT2D eigenvalue weighted by atomic mass is 35.5. The van der Waals surface area contributed by atoms with Gasteiger partial charge in [0.05, 0.1) is 0 Å². The van der Waals surface area contributed by atoms with Crippen molar-refractivity contribution in [2.24, 2.45) is 0 Å². The fourth-order valence-electron chi connectivity index (χ4n) is 3.29. The van der Waals surface area contributed by atoms with Gasteiger partial charge in [-0.2, -0.15) is 0 Å². The van der Waals surface area contributed by atoms with Crippen LogP contribution in [0.1, 0.15) is 47.2 Å². The molecule has 2 aromatic rings. The molecule has 1 aliphatic rings. The predicted octanol–water partition coefficient (Wildman–Crippen LogP) is 4.83. The molecular weight excluding hydrogens is 395 g/mol. The second-order valence-electron chi connectivity index (χ2n) is 6.89. The Balaban J connectivity index is 0.00000280. The molecule has 3 rings (SSSR count). The van der Waals surface area contributed by atoms with Crippen LogP contribution in [-0.4, -0.2) is 24.8 Å². The average molecular weight is 421 g/mol. The van der Waals surface area contributed by atoms with Gasteiger partial charge in [0.15, 0.2) is 5.78 Å². The van der Waals surface area contributed by atoms with Crippen LogP contribution in [0.2, 0.25) is 5.02 Å².